The summed E-state index contributed by atoms with van der Waals surface area (Å²) in [5, 5.41) is 12.7. The molecule has 0 fully saturated rings. The van der Waals surface area contributed by atoms with Gasteiger partial charge in [-0.3, -0.25) is 4.79 Å². The number of para-hydroxylation sites is 1. The zero-order chi connectivity index (χ0) is 14.5. The Labute approximate surface area is 119 Å². The minimum Gasteiger partial charge on any atom is -0.395 e. The highest BCUT2D eigenvalue weighted by molar-refractivity contribution is 6.01. The maximum atomic E-state index is 12.3. The maximum Gasteiger partial charge on any atom is 0.268 e. The van der Waals surface area contributed by atoms with Crippen LogP contribution in [-0.2, 0) is 6.54 Å². The highest BCUT2D eigenvalue weighted by Gasteiger charge is 2.19. The van der Waals surface area contributed by atoms with E-state index in [4.69, 9.17) is 5.11 Å². The van der Waals surface area contributed by atoms with Crippen LogP contribution in [0.4, 0.5) is 0 Å². The molecule has 4 heteroatoms. The number of fused-ring (bicyclic) bond motifs is 1. The lowest BCUT2D eigenvalue weighted by atomic mass is 10.1. The number of carbonyl (C=O) groups is 1. The Balaban J connectivity index is 2.49. The van der Waals surface area contributed by atoms with Crippen LogP contribution in [0.5, 0.6) is 0 Å². The fourth-order valence-corrected chi connectivity index (χ4v) is 2.57. The van der Waals surface area contributed by atoms with E-state index in [9.17, 15) is 4.79 Å². The molecule has 0 aliphatic carbocycles. The van der Waals surface area contributed by atoms with Gasteiger partial charge in [-0.05, 0) is 25.0 Å². The van der Waals surface area contributed by atoms with E-state index < -0.39 is 0 Å². The van der Waals surface area contributed by atoms with E-state index in [-0.39, 0.29) is 19.1 Å². The summed E-state index contributed by atoms with van der Waals surface area (Å²) >= 11 is 0. The number of rotatable bonds is 6. The number of aryl methyl sites for hydroxylation is 2. The van der Waals surface area contributed by atoms with Crippen LogP contribution in [0.1, 0.15) is 35.8 Å². The summed E-state index contributed by atoms with van der Waals surface area (Å²) in [5.74, 6) is -0.108. The highest BCUT2D eigenvalue weighted by atomic mass is 16.3. The third kappa shape index (κ3) is 2.70. The van der Waals surface area contributed by atoms with Crippen molar-refractivity contribution in [2.45, 2.75) is 33.2 Å². The van der Waals surface area contributed by atoms with Gasteiger partial charge in [0.1, 0.15) is 5.69 Å². The molecule has 2 rings (SSSR count). The Hall–Kier alpha value is -1.81. The summed E-state index contributed by atoms with van der Waals surface area (Å²) in [5.41, 5.74) is 2.83. The first kappa shape index (κ1) is 14.6. The molecule has 20 heavy (non-hydrogen) atoms. The molecule has 0 spiro atoms. The molecular formula is C16H22N2O2. The molecular weight excluding hydrogens is 252 g/mol. The molecule has 1 aromatic heterocycles. The van der Waals surface area contributed by atoms with Crippen molar-refractivity contribution in [3.63, 3.8) is 0 Å². The van der Waals surface area contributed by atoms with Gasteiger partial charge in [0.05, 0.1) is 6.61 Å². The van der Waals surface area contributed by atoms with E-state index in [1.807, 2.05) is 19.1 Å². The predicted octanol–water partition coefficient (Wildman–Crippen LogP) is 2.47. The lowest BCUT2D eigenvalue weighted by Crippen LogP contribution is -2.29. The van der Waals surface area contributed by atoms with Crippen molar-refractivity contribution in [3.8, 4) is 0 Å². The third-order valence-electron chi connectivity index (χ3n) is 3.57. The number of aliphatic hydroxyl groups excluding tert-OH is 1. The van der Waals surface area contributed by atoms with Crippen LogP contribution in [0, 0.1) is 6.92 Å². The number of nitrogens with one attached hydrogen (secondary N) is 1. The van der Waals surface area contributed by atoms with Crippen LogP contribution >= 0.6 is 0 Å². The molecule has 2 N–H and O–H groups in total. The number of hydrogen-bond donors (Lipinski definition) is 2. The van der Waals surface area contributed by atoms with Crippen molar-refractivity contribution in [3.05, 3.63) is 35.5 Å². The molecule has 0 aliphatic rings. The predicted molar refractivity (Wildman–Crippen MR) is 81.0 cm³/mol. The van der Waals surface area contributed by atoms with Gasteiger partial charge in [0.2, 0.25) is 0 Å². The van der Waals surface area contributed by atoms with Crippen molar-refractivity contribution >= 4 is 16.8 Å². The summed E-state index contributed by atoms with van der Waals surface area (Å²) in [4.78, 5) is 12.3. The Morgan fingerprint density at radius 3 is 2.80 bits per heavy atom. The second kappa shape index (κ2) is 6.57. The van der Waals surface area contributed by atoms with E-state index in [0.717, 1.165) is 35.9 Å². The van der Waals surface area contributed by atoms with Crippen LogP contribution in [0.3, 0.4) is 0 Å². The number of benzene rings is 1. The standard InChI is InChI=1S/C16H22N2O2/c1-3-4-10-18-14-8-6-5-7-13(14)12(2)15(18)16(20)17-9-11-19/h5-8,19H,3-4,9-11H2,1-2H3,(H,17,20). The van der Waals surface area contributed by atoms with Gasteiger partial charge in [-0.25, -0.2) is 0 Å². The van der Waals surface area contributed by atoms with E-state index in [1.54, 1.807) is 0 Å². The van der Waals surface area contributed by atoms with Crippen molar-refractivity contribution in [2.75, 3.05) is 13.2 Å². The average Bonchev–Trinajstić information content (AvgIpc) is 2.76. The van der Waals surface area contributed by atoms with Gasteiger partial charge in [-0.2, -0.15) is 0 Å². The van der Waals surface area contributed by atoms with Crippen molar-refractivity contribution in [1.29, 1.82) is 0 Å². The van der Waals surface area contributed by atoms with Gasteiger partial charge < -0.3 is 15.0 Å². The van der Waals surface area contributed by atoms with Gasteiger partial charge in [-0.1, -0.05) is 31.5 Å². The Kier molecular flexibility index (Phi) is 4.79. The molecule has 0 saturated carbocycles. The summed E-state index contributed by atoms with van der Waals surface area (Å²) in [6, 6.07) is 8.10. The topological polar surface area (TPSA) is 54.3 Å². The first-order valence-electron chi connectivity index (χ1n) is 7.17. The van der Waals surface area contributed by atoms with Crippen molar-refractivity contribution in [2.24, 2.45) is 0 Å². The van der Waals surface area contributed by atoms with Gasteiger partial charge in [0.15, 0.2) is 0 Å². The monoisotopic (exact) mass is 274 g/mol. The number of nitrogens with zero attached hydrogens (tertiary/aromatic N) is 1. The zero-order valence-electron chi connectivity index (χ0n) is 12.1. The maximum absolute atomic E-state index is 12.3. The van der Waals surface area contributed by atoms with Crippen LogP contribution in [0.2, 0.25) is 0 Å². The van der Waals surface area contributed by atoms with Gasteiger partial charge in [0, 0.05) is 24.0 Å². The molecule has 1 amide bonds. The third-order valence-corrected chi connectivity index (χ3v) is 3.57. The Bertz CT molecular complexity index is 602. The van der Waals surface area contributed by atoms with E-state index in [1.165, 1.54) is 0 Å². The van der Waals surface area contributed by atoms with E-state index in [0.29, 0.717) is 5.69 Å². The normalized spacial score (nSPS) is 10.9. The fraction of sp³-hybridized carbons (Fsp3) is 0.438. The fourth-order valence-electron chi connectivity index (χ4n) is 2.57. The second-order valence-corrected chi connectivity index (χ2v) is 4.98. The molecule has 1 aromatic carbocycles. The largest absolute Gasteiger partial charge is 0.395 e. The van der Waals surface area contributed by atoms with Crippen LogP contribution < -0.4 is 5.32 Å². The first-order chi connectivity index (χ1) is 9.70. The number of unbranched alkanes of at least 4 members (excludes halogenated alkanes) is 1. The Morgan fingerprint density at radius 2 is 2.10 bits per heavy atom. The molecule has 0 saturated heterocycles. The number of carbonyl (C=O) groups excluding carboxylic acids is 1. The second-order valence-electron chi connectivity index (χ2n) is 4.98. The van der Waals surface area contributed by atoms with Crippen LogP contribution in [0.15, 0.2) is 24.3 Å². The summed E-state index contributed by atoms with van der Waals surface area (Å²) in [6.07, 6.45) is 2.13. The minimum absolute atomic E-state index is 0.0417. The van der Waals surface area contributed by atoms with Crippen LogP contribution in [0.25, 0.3) is 10.9 Å². The quantitative estimate of drug-likeness (QED) is 0.850. The molecule has 0 radical (unpaired) electrons. The Morgan fingerprint density at radius 1 is 1.35 bits per heavy atom. The first-order valence-corrected chi connectivity index (χ1v) is 7.17. The molecule has 0 bridgehead atoms. The number of aromatic nitrogens is 1. The lowest BCUT2D eigenvalue weighted by molar-refractivity contribution is 0.0935. The van der Waals surface area contributed by atoms with Crippen molar-refractivity contribution < 1.29 is 9.90 Å². The van der Waals surface area contributed by atoms with Gasteiger partial charge in [0.25, 0.3) is 5.91 Å². The molecule has 0 aliphatic heterocycles. The number of amides is 1. The van der Waals surface area contributed by atoms with E-state index in [2.05, 4.69) is 28.9 Å². The van der Waals surface area contributed by atoms with Crippen molar-refractivity contribution in [1.82, 2.24) is 9.88 Å². The average molecular weight is 274 g/mol. The number of hydrogen-bond acceptors (Lipinski definition) is 2. The molecule has 0 unspecified atom stereocenters. The summed E-state index contributed by atoms with van der Waals surface area (Å²) in [7, 11) is 0. The minimum atomic E-state index is -0.108. The van der Waals surface area contributed by atoms with E-state index >= 15 is 0 Å². The molecule has 0 atom stereocenters. The number of aliphatic hydroxyl groups is 1. The van der Waals surface area contributed by atoms with Gasteiger partial charge >= 0.3 is 0 Å². The molecule has 2 aromatic rings. The smallest absolute Gasteiger partial charge is 0.268 e. The molecule has 1 heterocycles. The summed E-state index contributed by atoms with van der Waals surface area (Å²) in [6.45, 7) is 5.21. The SMILES string of the molecule is CCCCn1c(C(=O)NCCO)c(C)c2ccccc21. The highest BCUT2D eigenvalue weighted by Crippen LogP contribution is 2.26. The van der Waals surface area contributed by atoms with Crippen LogP contribution in [-0.4, -0.2) is 28.7 Å². The molecule has 108 valence electrons. The zero-order valence-corrected chi connectivity index (χ0v) is 12.1. The lowest BCUT2D eigenvalue weighted by Gasteiger charge is -2.11. The molecule has 4 nitrogen and oxygen atoms in total. The summed E-state index contributed by atoms with van der Waals surface area (Å²) < 4.78 is 2.10. The van der Waals surface area contributed by atoms with Gasteiger partial charge in [-0.15, -0.1) is 0 Å².